The molecule has 179 valence electrons. The minimum absolute atomic E-state index is 0. The maximum Gasteiger partial charge on any atom is 2.00 e. The van der Waals surface area contributed by atoms with E-state index < -0.39 is 5.97 Å². The van der Waals surface area contributed by atoms with E-state index in [1.807, 2.05) is 42.5 Å². The van der Waals surface area contributed by atoms with E-state index in [9.17, 15) is 5.11 Å². The number of carboxylic acids is 1. The van der Waals surface area contributed by atoms with E-state index >= 15 is 0 Å². The molecule has 3 aromatic rings. The molecule has 0 spiro atoms. The summed E-state index contributed by atoms with van der Waals surface area (Å²) in [5, 5.41) is 21.2. The molecule has 0 unspecified atom stereocenters. The van der Waals surface area contributed by atoms with Crippen LogP contribution in [0.2, 0.25) is 0 Å². The SMILES string of the molecule is CC(=O)[O-].COc1cccc(C=Nc2ccccc2C2=N[C@@H](Cc3ccccc3)CO2)c1[O-].[Cu+2]. The van der Waals surface area contributed by atoms with Crippen molar-refractivity contribution >= 4 is 23.8 Å². The molecule has 4 rings (SSSR count). The molecule has 0 amide bonds. The molecule has 1 radical (unpaired) electrons. The maximum absolute atomic E-state index is 12.3. The number of carbonyl (C=O) groups excluding carboxylic acids is 1. The van der Waals surface area contributed by atoms with E-state index in [1.54, 1.807) is 24.4 Å². The minimum atomic E-state index is -1.08. The van der Waals surface area contributed by atoms with Crippen molar-refractivity contribution in [2.24, 2.45) is 9.98 Å². The summed E-state index contributed by atoms with van der Waals surface area (Å²) in [6.07, 6.45) is 2.39. The molecule has 0 N–H and O–H groups in total. The fourth-order valence-corrected chi connectivity index (χ4v) is 3.25. The zero-order valence-corrected chi connectivity index (χ0v) is 19.7. The van der Waals surface area contributed by atoms with Gasteiger partial charge in [-0.3, -0.25) is 4.99 Å². The van der Waals surface area contributed by atoms with Gasteiger partial charge in [0.2, 0.25) is 5.90 Å². The Morgan fingerprint density at radius 2 is 1.79 bits per heavy atom. The van der Waals surface area contributed by atoms with Crippen LogP contribution >= 0.6 is 0 Å². The van der Waals surface area contributed by atoms with Gasteiger partial charge in [-0.05, 0) is 42.7 Å². The summed E-state index contributed by atoms with van der Waals surface area (Å²) in [4.78, 5) is 18.2. The van der Waals surface area contributed by atoms with Crippen molar-refractivity contribution in [2.75, 3.05) is 13.7 Å². The van der Waals surface area contributed by atoms with Gasteiger partial charge in [-0.2, -0.15) is 0 Å². The summed E-state index contributed by atoms with van der Waals surface area (Å²) in [5.74, 6) is -0.380. The Morgan fingerprint density at radius 3 is 2.50 bits per heavy atom. The molecule has 7 nitrogen and oxygen atoms in total. The molecule has 0 fully saturated rings. The van der Waals surface area contributed by atoms with Gasteiger partial charge >= 0.3 is 17.1 Å². The van der Waals surface area contributed by atoms with Gasteiger partial charge in [-0.25, -0.2) is 4.99 Å². The van der Waals surface area contributed by atoms with Crippen molar-refractivity contribution in [3.8, 4) is 11.5 Å². The monoisotopic (exact) mass is 507 g/mol. The van der Waals surface area contributed by atoms with Gasteiger partial charge in [0.1, 0.15) is 12.4 Å². The molecule has 0 bridgehead atoms. The quantitative estimate of drug-likeness (QED) is 0.376. The van der Waals surface area contributed by atoms with Crippen LogP contribution in [0.5, 0.6) is 11.5 Å². The first-order chi connectivity index (χ1) is 16.0. The summed E-state index contributed by atoms with van der Waals surface area (Å²) < 4.78 is 11.0. The first kappa shape index (κ1) is 26.6. The number of aliphatic carboxylic acids is 1. The molecule has 1 atom stereocenters. The first-order valence-electron chi connectivity index (χ1n) is 10.4. The van der Waals surface area contributed by atoms with Crippen LogP contribution < -0.4 is 14.9 Å². The van der Waals surface area contributed by atoms with Gasteiger partial charge in [-0.15, -0.1) is 0 Å². The molecule has 3 aromatic carbocycles. The van der Waals surface area contributed by atoms with Gasteiger partial charge in [0.25, 0.3) is 0 Å². The Labute approximate surface area is 209 Å². The normalized spacial score (nSPS) is 14.3. The van der Waals surface area contributed by atoms with Gasteiger partial charge in [0.15, 0.2) is 0 Å². The van der Waals surface area contributed by atoms with Crippen LogP contribution in [0.3, 0.4) is 0 Å². The molecule has 0 saturated heterocycles. The van der Waals surface area contributed by atoms with E-state index in [4.69, 9.17) is 24.4 Å². The molecule has 34 heavy (non-hydrogen) atoms. The average Bonchev–Trinajstić information content (AvgIpc) is 3.27. The second kappa shape index (κ2) is 13.2. The van der Waals surface area contributed by atoms with Gasteiger partial charge in [0, 0.05) is 12.2 Å². The van der Waals surface area contributed by atoms with Gasteiger partial charge in [-0.1, -0.05) is 60.3 Å². The van der Waals surface area contributed by atoms with Crippen LogP contribution in [0.25, 0.3) is 0 Å². The Balaban J connectivity index is 0.000000758. The Morgan fingerprint density at radius 1 is 1.12 bits per heavy atom. The molecule has 8 heteroatoms. The summed E-state index contributed by atoms with van der Waals surface area (Å²) in [7, 11) is 1.48. The second-order valence-electron chi connectivity index (χ2n) is 7.23. The number of aliphatic imine (C=N–C) groups is 2. The third-order valence-electron chi connectivity index (χ3n) is 4.73. The number of nitrogens with zero attached hydrogens (tertiary/aromatic N) is 2. The van der Waals surface area contributed by atoms with Crippen LogP contribution in [-0.4, -0.2) is 37.8 Å². The second-order valence-corrected chi connectivity index (χ2v) is 7.23. The zero-order chi connectivity index (χ0) is 23.6. The van der Waals surface area contributed by atoms with Crippen LogP contribution in [0, 0.1) is 0 Å². The molecule has 0 aliphatic carbocycles. The number of rotatable bonds is 6. The largest absolute Gasteiger partial charge is 2.00 e. The van der Waals surface area contributed by atoms with Crippen molar-refractivity contribution in [3.05, 3.63) is 89.5 Å². The molecule has 0 aromatic heterocycles. The van der Waals surface area contributed by atoms with Crippen molar-refractivity contribution in [3.63, 3.8) is 0 Å². The predicted octanol–water partition coefficient (Wildman–Crippen LogP) is 2.66. The smallest absolute Gasteiger partial charge is 0.870 e. The maximum atomic E-state index is 12.3. The Bertz CT molecular complexity index is 1140. The summed E-state index contributed by atoms with van der Waals surface area (Å²) >= 11 is 0. The van der Waals surface area contributed by atoms with Gasteiger partial charge in [0.05, 0.1) is 24.4 Å². The zero-order valence-electron chi connectivity index (χ0n) is 18.7. The average molecular weight is 508 g/mol. The third kappa shape index (κ3) is 7.47. The third-order valence-corrected chi connectivity index (χ3v) is 4.73. The van der Waals surface area contributed by atoms with E-state index in [1.165, 1.54) is 12.7 Å². The van der Waals surface area contributed by atoms with Crippen LogP contribution in [-0.2, 0) is 33.0 Å². The number of para-hydroxylation sites is 2. The van der Waals surface area contributed by atoms with E-state index in [0.29, 0.717) is 29.5 Å². The number of methoxy groups -OCH3 is 1. The summed E-state index contributed by atoms with van der Waals surface area (Å²) in [6.45, 7) is 1.52. The standard InChI is InChI=1S/C24H22N2O3.C2H4O2.Cu/c1-28-22-13-7-10-18(23(22)27)15-25-21-12-6-5-11-20(21)24-26-19(16-29-24)14-17-8-3-2-4-9-17;1-2(3)4;/h2-13,15,19,27H,14,16H2,1H3;1H3,(H,3,4);/q;;+2/p-2/t19-;;/m0../s1. The topological polar surface area (TPSA) is 106 Å². The van der Waals surface area contributed by atoms with Crippen molar-refractivity contribution in [2.45, 2.75) is 19.4 Å². The minimum Gasteiger partial charge on any atom is -0.870 e. The summed E-state index contributed by atoms with van der Waals surface area (Å²) in [6, 6.07) is 23.1. The molecule has 1 heterocycles. The van der Waals surface area contributed by atoms with E-state index in [0.717, 1.165) is 18.9 Å². The predicted molar refractivity (Wildman–Crippen MR) is 123 cm³/mol. The molecule has 1 aliphatic heterocycles. The Hall–Kier alpha value is -3.61. The first-order valence-corrected chi connectivity index (χ1v) is 10.4. The molecular weight excluding hydrogens is 484 g/mol. The van der Waals surface area contributed by atoms with Crippen LogP contribution in [0.4, 0.5) is 5.69 Å². The fraction of sp³-hybridized carbons (Fsp3) is 0.192. The number of benzene rings is 3. The summed E-state index contributed by atoms with van der Waals surface area (Å²) in [5.41, 5.74) is 3.22. The van der Waals surface area contributed by atoms with Crippen molar-refractivity contribution in [1.29, 1.82) is 0 Å². The molecule has 1 aliphatic rings. The van der Waals surface area contributed by atoms with Crippen molar-refractivity contribution < 1.29 is 41.5 Å². The van der Waals surface area contributed by atoms with Gasteiger partial charge < -0.3 is 24.5 Å². The van der Waals surface area contributed by atoms with Crippen molar-refractivity contribution in [1.82, 2.24) is 0 Å². The van der Waals surface area contributed by atoms with Crippen LogP contribution in [0.1, 0.15) is 23.6 Å². The number of ether oxygens (including phenoxy) is 2. The number of carbonyl (C=O) groups is 1. The fourth-order valence-electron chi connectivity index (χ4n) is 3.25. The molecule has 0 saturated carbocycles. The number of carboxylic acid groups (broad SMARTS) is 1. The van der Waals surface area contributed by atoms with Crippen LogP contribution in [0.15, 0.2) is 82.8 Å². The number of hydrogen-bond acceptors (Lipinski definition) is 7. The Kier molecular flexibility index (Phi) is 10.3. The number of hydrogen-bond donors (Lipinski definition) is 0. The molecular formula is C26H24CuN2O5. The van der Waals surface area contributed by atoms with E-state index in [-0.39, 0.29) is 28.9 Å². The van der Waals surface area contributed by atoms with E-state index in [2.05, 4.69) is 17.1 Å².